The van der Waals surface area contributed by atoms with Crippen LogP contribution in [0.1, 0.15) is 29.7 Å². The molecule has 2 aromatic heterocycles. The van der Waals surface area contributed by atoms with Crippen LogP contribution in [0, 0.1) is 0 Å². The van der Waals surface area contributed by atoms with Crippen LogP contribution in [0.25, 0.3) is 10.9 Å². The van der Waals surface area contributed by atoms with E-state index < -0.39 is 47.9 Å². The lowest BCUT2D eigenvalue weighted by molar-refractivity contribution is -0.149. The molecule has 2 aromatic carbocycles. The van der Waals surface area contributed by atoms with Gasteiger partial charge in [0.2, 0.25) is 17.7 Å². The highest BCUT2D eigenvalue weighted by molar-refractivity contribution is 5.95. The maximum Gasteiger partial charge on any atom is 0.326 e. The molecule has 1 fully saturated rings. The molecule has 4 atom stereocenters. The van der Waals surface area contributed by atoms with Crippen molar-refractivity contribution in [2.24, 2.45) is 5.73 Å². The summed E-state index contributed by atoms with van der Waals surface area (Å²) in [7, 11) is 0. The SMILES string of the molecule is NC(Cc1c[nH]c2ccccc12)C(=O)NC(Cc1ccccc1)C(=O)NC(Cc1cnc[nH]1)C(=O)N1CCCC1C(=O)O. The van der Waals surface area contributed by atoms with Crippen molar-refractivity contribution in [2.45, 2.75) is 56.3 Å². The third kappa shape index (κ3) is 7.09. The number of carbonyl (C=O) groups is 4. The van der Waals surface area contributed by atoms with E-state index in [1.807, 2.05) is 60.8 Å². The fourth-order valence-electron chi connectivity index (χ4n) is 5.54. The Morgan fingerprint density at radius 2 is 1.70 bits per heavy atom. The Labute approximate surface area is 248 Å². The number of aromatic amines is 2. The van der Waals surface area contributed by atoms with E-state index in [-0.39, 0.29) is 25.8 Å². The second-order valence-corrected chi connectivity index (χ2v) is 10.8. The smallest absolute Gasteiger partial charge is 0.326 e. The monoisotopic (exact) mass is 585 g/mol. The lowest BCUT2D eigenvalue weighted by Gasteiger charge is -2.29. The number of nitrogens with zero attached hydrogens (tertiary/aromatic N) is 2. The predicted molar refractivity (Wildman–Crippen MR) is 159 cm³/mol. The Balaban J connectivity index is 1.34. The van der Waals surface area contributed by atoms with Crippen LogP contribution < -0.4 is 16.4 Å². The van der Waals surface area contributed by atoms with Crippen molar-refractivity contribution in [3.8, 4) is 0 Å². The lowest BCUT2D eigenvalue weighted by atomic mass is 10.0. The van der Waals surface area contributed by atoms with Crippen molar-refractivity contribution in [1.29, 1.82) is 0 Å². The normalized spacial score (nSPS) is 16.9. The van der Waals surface area contributed by atoms with Crippen LogP contribution in [-0.4, -0.2) is 79.4 Å². The number of hydrogen-bond donors (Lipinski definition) is 6. The molecule has 3 heterocycles. The van der Waals surface area contributed by atoms with E-state index in [9.17, 15) is 24.3 Å². The zero-order valence-electron chi connectivity index (χ0n) is 23.5. The van der Waals surface area contributed by atoms with Crippen LogP contribution >= 0.6 is 0 Å². The molecule has 43 heavy (non-hydrogen) atoms. The number of likely N-dealkylation sites (tertiary alicyclic amines) is 1. The highest BCUT2D eigenvalue weighted by Gasteiger charge is 2.38. The number of H-pyrrole nitrogens is 2. The first-order chi connectivity index (χ1) is 20.8. The van der Waals surface area contributed by atoms with Gasteiger partial charge in [0.15, 0.2) is 0 Å². The first-order valence-electron chi connectivity index (χ1n) is 14.3. The Bertz CT molecular complexity index is 1570. The molecule has 7 N–H and O–H groups in total. The average molecular weight is 586 g/mol. The molecule has 224 valence electrons. The Morgan fingerprint density at radius 3 is 2.44 bits per heavy atom. The molecule has 3 amide bonds. The van der Waals surface area contributed by atoms with Gasteiger partial charge in [-0.2, -0.15) is 0 Å². The molecule has 0 aliphatic carbocycles. The van der Waals surface area contributed by atoms with Crippen LogP contribution in [-0.2, 0) is 38.4 Å². The van der Waals surface area contributed by atoms with E-state index in [2.05, 4.69) is 25.6 Å². The second kappa shape index (κ2) is 13.3. The number of rotatable bonds is 12. The lowest BCUT2D eigenvalue weighted by Crippen LogP contribution is -2.58. The van der Waals surface area contributed by atoms with E-state index in [1.165, 1.54) is 17.4 Å². The maximum atomic E-state index is 13.8. The first-order valence-corrected chi connectivity index (χ1v) is 14.3. The third-order valence-corrected chi connectivity index (χ3v) is 7.78. The minimum atomic E-state index is -1.09. The van der Waals surface area contributed by atoms with Gasteiger partial charge < -0.3 is 36.3 Å². The van der Waals surface area contributed by atoms with Crippen molar-refractivity contribution in [3.05, 3.63) is 90.1 Å². The van der Waals surface area contributed by atoms with Crippen molar-refractivity contribution in [1.82, 2.24) is 30.5 Å². The number of nitrogens with two attached hydrogens (primary N) is 1. The number of fused-ring (bicyclic) bond motifs is 1. The number of aliphatic carboxylic acids is 1. The molecule has 5 rings (SSSR count). The van der Waals surface area contributed by atoms with Crippen molar-refractivity contribution in [2.75, 3.05) is 6.54 Å². The summed E-state index contributed by atoms with van der Waals surface area (Å²) in [4.78, 5) is 63.9. The summed E-state index contributed by atoms with van der Waals surface area (Å²) in [6, 6.07) is 12.9. The number of hydrogen-bond acceptors (Lipinski definition) is 6. The van der Waals surface area contributed by atoms with Crippen LogP contribution in [0.15, 0.2) is 73.3 Å². The summed E-state index contributed by atoms with van der Waals surface area (Å²) in [5.41, 5.74) is 9.53. The van der Waals surface area contributed by atoms with Gasteiger partial charge in [0.05, 0.1) is 12.4 Å². The number of carboxylic acid groups (broad SMARTS) is 1. The zero-order chi connectivity index (χ0) is 30.3. The molecule has 1 saturated heterocycles. The van der Waals surface area contributed by atoms with Gasteiger partial charge in [0.1, 0.15) is 18.1 Å². The van der Waals surface area contributed by atoms with Crippen LogP contribution in [0.3, 0.4) is 0 Å². The maximum absolute atomic E-state index is 13.8. The fourth-order valence-corrected chi connectivity index (χ4v) is 5.54. The number of carboxylic acids is 1. The molecule has 1 aliphatic heterocycles. The number of benzene rings is 2. The van der Waals surface area contributed by atoms with Gasteiger partial charge in [-0.1, -0.05) is 48.5 Å². The standard InChI is InChI=1S/C31H35N7O5/c32-23(14-20-16-34-24-10-5-4-9-22(20)24)28(39)36-25(13-19-7-2-1-3-8-19)29(40)37-26(15-21-17-33-18-35-21)30(41)38-12-6-11-27(38)31(42)43/h1-5,7-10,16-18,23,25-27,34H,6,11-15,32H2,(H,33,35)(H,36,39)(H,37,40)(H,42,43). The van der Waals surface area contributed by atoms with Gasteiger partial charge in [0.25, 0.3) is 0 Å². The number of nitrogens with one attached hydrogen (secondary N) is 4. The molecular formula is C31H35N7O5. The van der Waals surface area contributed by atoms with E-state index in [0.29, 0.717) is 18.5 Å². The topological polar surface area (TPSA) is 186 Å². The van der Waals surface area contributed by atoms with Gasteiger partial charge in [-0.25, -0.2) is 9.78 Å². The van der Waals surface area contributed by atoms with Crippen molar-refractivity contribution < 1.29 is 24.3 Å². The molecule has 4 unspecified atom stereocenters. The molecule has 0 spiro atoms. The summed E-state index contributed by atoms with van der Waals surface area (Å²) in [5.74, 6) is -2.69. The number of amides is 3. The molecule has 12 heteroatoms. The summed E-state index contributed by atoms with van der Waals surface area (Å²) < 4.78 is 0. The first kappa shape index (κ1) is 29.5. The van der Waals surface area contributed by atoms with Crippen molar-refractivity contribution in [3.63, 3.8) is 0 Å². The van der Waals surface area contributed by atoms with E-state index in [0.717, 1.165) is 22.0 Å². The highest BCUT2D eigenvalue weighted by Crippen LogP contribution is 2.20. The average Bonchev–Trinajstić information content (AvgIpc) is 3.78. The van der Waals surface area contributed by atoms with E-state index in [1.54, 1.807) is 0 Å². The largest absolute Gasteiger partial charge is 0.480 e. The summed E-state index contributed by atoms with van der Waals surface area (Å²) in [6.45, 7) is 0.276. The van der Waals surface area contributed by atoms with Crippen molar-refractivity contribution >= 4 is 34.6 Å². The minimum Gasteiger partial charge on any atom is -0.480 e. The van der Waals surface area contributed by atoms with E-state index >= 15 is 0 Å². The Morgan fingerprint density at radius 1 is 0.953 bits per heavy atom. The molecular weight excluding hydrogens is 550 g/mol. The third-order valence-electron chi connectivity index (χ3n) is 7.78. The van der Waals surface area contributed by atoms with Gasteiger partial charge >= 0.3 is 5.97 Å². The van der Waals surface area contributed by atoms with Gasteiger partial charge in [-0.3, -0.25) is 14.4 Å². The fraction of sp³-hybridized carbons (Fsp3) is 0.323. The summed E-state index contributed by atoms with van der Waals surface area (Å²) in [6.07, 6.45) is 6.19. The predicted octanol–water partition coefficient (Wildman–Crippen LogP) is 1.29. The molecule has 12 nitrogen and oxygen atoms in total. The molecule has 0 radical (unpaired) electrons. The quantitative estimate of drug-likeness (QED) is 0.145. The number of aromatic nitrogens is 3. The van der Waals surface area contributed by atoms with E-state index in [4.69, 9.17) is 5.73 Å². The minimum absolute atomic E-state index is 0.0689. The van der Waals surface area contributed by atoms with Crippen LogP contribution in [0.4, 0.5) is 0 Å². The highest BCUT2D eigenvalue weighted by atomic mass is 16.4. The van der Waals surface area contributed by atoms with Crippen LogP contribution in [0.2, 0.25) is 0 Å². The molecule has 0 bridgehead atoms. The van der Waals surface area contributed by atoms with Gasteiger partial charge in [-0.05, 0) is 36.5 Å². The van der Waals surface area contributed by atoms with Gasteiger partial charge in [0, 0.05) is 48.4 Å². The molecule has 4 aromatic rings. The summed E-state index contributed by atoms with van der Waals surface area (Å²) >= 11 is 0. The zero-order valence-corrected chi connectivity index (χ0v) is 23.5. The molecule has 1 aliphatic rings. The Hall–Kier alpha value is -4.97. The number of carbonyl (C=O) groups excluding carboxylic acids is 3. The molecule has 0 saturated carbocycles. The number of imidazole rings is 1. The van der Waals surface area contributed by atoms with Gasteiger partial charge in [-0.15, -0.1) is 0 Å². The van der Waals surface area contributed by atoms with Crippen LogP contribution in [0.5, 0.6) is 0 Å². The second-order valence-electron chi connectivity index (χ2n) is 10.8. The number of para-hydroxylation sites is 1. The summed E-state index contributed by atoms with van der Waals surface area (Å²) in [5, 5.41) is 16.2. The Kier molecular flexibility index (Phi) is 9.16.